The summed E-state index contributed by atoms with van der Waals surface area (Å²) < 4.78 is 6.38. The lowest BCUT2D eigenvalue weighted by molar-refractivity contribution is -0.140. The molecule has 0 spiro atoms. The summed E-state index contributed by atoms with van der Waals surface area (Å²) in [5, 5.41) is 15.8. The number of ether oxygens (including phenoxy) is 1. The number of tetrazole rings is 1. The van der Waals surface area contributed by atoms with E-state index >= 15 is 0 Å². The third-order valence-corrected chi connectivity index (χ3v) is 3.58. The van der Waals surface area contributed by atoms with Crippen molar-refractivity contribution in [2.24, 2.45) is 5.92 Å². The van der Waals surface area contributed by atoms with Crippen LogP contribution in [0.15, 0.2) is 5.16 Å². The van der Waals surface area contributed by atoms with Gasteiger partial charge in [-0.15, -0.1) is 5.10 Å². The molecule has 114 valence electrons. The first-order valence-electron chi connectivity index (χ1n) is 6.80. The molecule has 1 N–H and O–H groups in total. The summed E-state index contributed by atoms with van der Waals surface area (Å²) in [6, 6.07) is 0. The molecule has 0 aromatic carbocycles. The Morgan fingerprint density at radius 1 is 1.50 bits per heavy atom. The molecule has 8 heteroatoms. The van der Waals surface area contributed by atoms with E-state index < -0.39 is 0 Å². The van der Waals surface area contributed by atoms with Crippen LogP contribution in [-0.2, 0) is 16.1 Å². The fraction of sp³-hybridized carbons (Fsp3) is 0.833. The molecule has 20 heavy (non-hydrogen) atoms. The molecule has 0 radical (unpaired) electrons. The van der Waals surface area contributed by atoms with E-state index in [9.17, 15) is 4.79 Å². The Morgan fingerprint density at radius 2 is 2.30 bits per heavy atom. The largest absolute Gasteiger partial charge is 0.469 e. The molecule has 1 aromatic heterocycles. The van der Waals surface area contributed by atoms with Crippen molar-refractivity contribution in [3.63, 3.8) is 0 Å². The van der Waals surface area contributed by atoms with Gasteiger partial charge in [-0.25, -0.2) is 4.68 Å². The maximum atomic E-state index is 11.0. The van der Waals surface area contributed by atoms with E-state index in [1.807, 2.05) is 0 Å². The summed E-state index contributed by atoms with van der Waals surface area (Å²) >= 11 is 1.56. The molecule has 0 saturated carbocycles. The van der Waals surface area contributed by atoms with Gasteiger partial charge in [0.1, 0.15) is 0 Å². The maximum absolute atomic E-state index is 11.0. The predicted octanol–water partition coefficient (Wildman–Crippen LogP) is 0.964. The number of aromatic nitrogens is 4. The molecule has 0 aliphatic rings. The Labute approximate surface area is 123 Å². The zero-order valence-electron chi connectivity index (χ0n) is 12.3. The molecule has 0 saturated heterocycles. The Balaban J connectivity index is 2.22. The van der Waals surface area contributed by atoms with Crippen molar-refractivity contribution in [3.8, 4) is 0 Å². The van der Waals surface area contributed by atoms with Gasteiger partial charge in [0.05, 0.1) is 13.7 Å². The van der Waals surface area contributed by atoms with Crippen LogP contribution in [0.1, 0.15) is 26.7 Å². The van der Waals surface area contributed by atoms with Crippen LogP contribution >= 0.6 is 11.8 Å². The zero-order chi connectivity index (χ0) is 14.8. The van der Waals surface area contributed by atoms with Crippen molar-refractivity contribution in [1.29, 1.82) is 0 Å². The second-order valence-electron chi connectivity index (χ2n) is 4.81. The smallest absolute Gasteiger partial charge is 0.305 e. The van der Waals surface area contributed by atoms with Gasteiger partial charge in [-0.05, 0) is 29.3 Å². The van der Waals surface area contributed by atoms with Crippen molar-refractivity contribution >= 4 is 17.7 Å². The van der Waals surface area contributed by atoms with Crippen LogP contribution in [-0.4, -0.2) is 52.1 Å². The highest BCUT2D eigenvalue weighted by Crippen LogP contribution is 2.15. The molecule has 0 bridgehead atoms. The van der Waals surface area contributed by atoms with Gasteiger partial charge < -0.3 is 10.1 Å². The van der Waals surface area contributed by atoms with Crippen molar-refractivity contribution < 1.29 is 9.53 Å². The molecule has 0 aliphatic heterocycles. The van der Waals surface area contributed by atoms with E-state index in [0.717, 1.165) is 37.0 Å². The Morgan fingerprint density at radius 3 is 3.00 bits per heavy atom. The molecule has 0 unspecified atom stereocenters. The van der Waals surface area contributed by atoms with Crippen LogP contribution in [0.3, 0.4) is 0 Å². The number of nitrogens with one attached hydrogen (secondary N) is 1. The lowest BCUT2D eigenvalue weighted by Crippen LogP contribution is -2.24. The van der Waals surface area contributed by atoms with Gasteiger partial charge in [-0.1, -0.05) is 25.6 Å². The first-order valence-corrected chi connectivity index (χ1v) is 7.78. The van der Waals surface area contributed by atoms with Gasteiger partial charge in [0.15, 0.2) is 0 Å². The fourth-order valence-electron chi connectivity index (χ4n) is 1.50. The normalized spacial score (nSPS) is 11.0. The third-order valence-electron chi connectivity index (χ3n) is 2.54. The second kappa shape index (κ2) is 9.71. The number of carbonyl (C=O) groups excluding carboxylic acids is 1. The summed E-state index contributed by atoms with van der Waals surface area (Å²) in [4.78, 5) is 11.0. The lowest BCUT2D eigenvalue weighted by Gasteiger charge is -2.08. The first-order chi connectivity index (χ1) is 9.63. The summed E-state index contributed by atoms with van der Waals surface area (Å²) in [5.74, 6) is 1.26. The standard InChI is InChI=1S/C12H23N5O2S/c1-10(2)9-13-6-7-17-12(14-15-16-17)20-8-4-5-11(18)19-3/h10,13H,4-9H2,1-3H3. The summed E-state index contributed by atoms with van der Waals surface area (Å²) in [6.45, 7) is 6.93. The number of hydrogen-bond donors (Lipinski definition) is 1. The minimum absolute atomic E-state index is 0.178. The number of esters is 1. The van der Waals surface area contributed by atoms with Crippen LogP contribution in [0.4, 0.5) is 0 Å². The molecular weight excluding hydrogens is 278 g/mol. The lowest BCUT2D eigenvalue weighted by atomic mass is 10.2. The maximum Gasteiger partial charge on any atom is 0.305 e. The van der Waals surface area contributed by atoms with Gasteiger partial charge >= 0.3 is 5.97 Å². The highest BCUT2D eigenvalue weighted by atomic mass is 32.2. The average Bonchev–Trinajstić information content (AvgIpc) is 2.86. The van der Waals surface area contributed by atoms with Crippen LogP contribution < -0.4 is 5.32 Å². The molecule has 0 atom stereocenters. The molecule has 0 aliphatic carbocycles. The number of thioether (sulfide) groups is 1. The van der Waals surface area contributed by atoms with Crippen LogP contribution in [0.5, 0.6) is 0 Å². The fourth-order valence-corrected chi connectivity index (χ4v) is 2.34. The van der Waals surface area contributed by atoms with Crippen LogP contribution in [0, 0.1) is 5.92 Å². The highest BCUT2D eigenvalue weighted by molar-refractivity contribution is 7.99. The van der Waals surface area contributed by atoms with Gasteiger partial charge in [0.2, 0.25) is 5.16 Å². The number of hydrogen-bond acceptors (Lipinski definition) is 7. The van der Waals surface area contributed by atoms with Crippen molar-refractivity contribution in [2.45, 2.75) is 38.4 Å². The minimum atomic E-state index is -0.178. The van der Waals surface area contributed by atoms with E-state index in [1.54, 1.807) is 16.4 Å². The number of methoxy groups -OCH3 is 1. The monoisotopic (exact) mass is 301 g/mol. The topological polar surface area (TPSA) is 81.9 Å². The summed E-state index contributed by atoms with van der Waals surface area (Å²) in [5.41, 5.74) is 0. The Kier molecular flexibility index (Phi) is 8.20. The molecule has 1 aromatic rings. The van der Waals surface area contributed by atoms with Crippen LogP contribution in [0.2, 0.25) is 0 Å². The van der Waals surface area contributed by atoms with E-state index in [-0.39, 0.29) is 5.97 Å². The van der Waals surface area contributed by atoms with Crippen LogP contribution in [0.25, 0.3) is 0 Å². The molecule has 7 nitrogen and oxygen atoms in total. The number of rotatable bonds is 10. The van der Waals surface area contributed by atoms with Gasteiger partial charge in [0.25, 0.3) is 0 Å². The van der Waals surface area contributed by atoms with E-state index in [0.29, 0.717) is 12.3 Å². The summed E-state index contributed by atoms with van der Waals surface area (Å²) in [6.07, 6.45) is 1.19. The molecule has 1 heterocycles. The Hall–Kier alpha value is -1.15. The molecule has 1 rings (SSSR count). The van der Waals surface area contributed by atoms with Gasteiger partial charge in [0, 0.05) is 18.7 Å². The molecule has 0 amide bonds. The Bertz CT molecular complexity index is 397. The van der Waals surface area contributed by atoms with E-state index in [4.69, 9.17) is 0 Å². The predicted molar refractivity (Wildman–Crippen MR) is 77.5 cm³/mol. The van der Waals surface area contributed by atoms with Gasteiger partial charge in [-0.3, -0.25) is 4.79 Å². The van der Waals surface area contributed by atoms with E-state index in [1.165, 1.54) is 7.11 Å². The van der Waals surface area contributed by atoms with E-state index in [2.05, 4.69) is 39.4 Å². The van der Waals surface area contributed by atoms with Crippen molar-refractivity contribution in [2.75, 3.05) is 26.0 Å². The third kappa shape index (κ3) is 6.85. The highest BCUT2D eigenvalue weighted by Gasteiger charge is 2.07. The first kappa shape index (κ1) is 16.9. The quantitative estimate of drug-likeness (QED) is 0.391. The number of nitrogens with zero attached hydrogens (tertiary/aromatic N) is 4. The zero-order valence-corrected chi connectivity index (χ0v) is 13.2. The number of carbonyl (C=O) groups is 1. The molecule has 0 fully saturated rings. The second-order valence-corrected chi connectivity index (χ2v) is 5.87. The van der Waals surface area contributed by atoms with Crippen molar-refractivity contribution in [1.82, 2.24) is 25.5 Å². The summed E-state index contributed by atoms with van der Waals surface area (Å²) in [7, 11) is 1.40. The van der Waals surface area contributed by atoms with Gasteiger partial charge in [-0.2, -0.15) is 0 Å². The minimum Gasteiger partial charge on any atom is -0.469 e. The van der Waals surface area contributed by atoms with Crippen molar-refractivity contribution in [3.05, 3.63) is 0 Å². The average molecular weight is 301 g/mol. The SMILES string of the molecule is COC(=O)CCCSc1nnnn1CCNCC(C)C. The molecular formula is C12H23N5O2S.